The lowest BCUT2D eigenvalue weighted by Gasteiger charge is -2.00. The van der Waals surface area contributed by atoms with Crippen LogP contribution in [0.25, 0.3) is 16.9 Å². The van der Waals surface area contributed by atoms with E-state index in [1.807, 2.05) is 0 Å². The maximum atomic E-state index is 13.2. The zero-order chi connectivity index (χ0) is 13.6. The van der Waals surface area contributed by atoms with Crippen LogP contribution in [0.2, 0.25) is 5.02 Å². The van der Waals surface area contributed by atoms with Crippen molar-refractivity contribution < 1.29 is 8.78 Å². The molecular weight excluding hydrogens is 272 g/mol. The number of hydrogen-bond donors (Lipinski definition) is 1. The van der Waals surface area contributed by atoms with Gasteiger partial charge in [-0.15, -0.1) is 0 Å². The van der Waals surface area contributed by atoms with Gasteiger partial charge in [-0.25, -0.2) is 13.8 Å². The number of halogens is 3. The van der Waals surface area contributed by atoms with E-state index in [2.05, 4.69) is 4.98 Å². The Morgan fingerprint density at radius 2 is 1.79 bits per heavy atom. The van der Waals surface area contributed by atoms with Crippen LogP contribution in [0.1, 0.15) is 0 Å². The van der Waals surface area contributed by atoms with Crippen LogP contribution >= 0.6 is 11.6 Å². The van der Waals surface area contributed by atoms with Gasteiger partial charge in [0.15, 0.2) is 0 Å². The lowest BCUT2D eigenvalue weighted by atomic mass is 10.1. The topological polar surface area (TPSA) is 43.3 Å². The summed E-state index contributed by atoms with van der Waals surface area (Å²) in [5, 5.41) is 0.494. The van der Waals surface area contributed by atoms with Gasteiger partial charge in [-0.05, 0) is 24.3 Å². The minimum absolute atomic E-state index is 0.280. The van der Waals surface area contributed by atoms with Crippen molar-refractivity contribution in [3.05, 3.63) is 53.2 Å². The highest BCUT2D eigenvalue weighted by atomic mass is 35.5. The molecule has 6 heteroatoms. The molecule has 3 aromatic rings. The number of hydrogen-bond acceptors (Lipinski definition) is 2. The maximum absolute atomic E-state index is 13.2. The van der Waals surface area contributed by atoms with Gasteiger partial charge in [0.1, 0.15) is 28.8 Å². The summed E-state index contributed by atoms with van der Waals surface area (Å²) in [7, 11) is 0. The predicted molar refractivity (Wildman–Crippen MR) is 70.0 cm³/mol. The number of nitrogens with zero attached hydrogens (tertiary/aromatic N) is 2. The average molecular weight is 280 g/mol. The van der Waals surface area contributed by atoms with Crippen molar-refractivity contribution >= 4 is 23.1 Å². The molecule has 3 rings (SSSR count). The van der Waals surface area contributed by atoms with Crippen molar-refractivity contribution in [3.63, 3.8) is 0 Å². The molecule has 0 saturated heterocycles. The Labute approximate surface area is 112 Å². The predicted octanol–water partition coefficient (Wildman–Crippen LogP) is 3.52. The third-order valence-electron chi connectivity index (χ3n) is 2.76. The molecule has 0 aliphatic rings. The monoisotopic (exact) mass is 279 g/mol. The Morgan fingerprint density at radius 1 is 1.11 bits per heavy atom. The average Bonchev–Trinajstić information content (AvgIpc) is 2.66. The zero-order valence-corrected chi connectivity index (χ0v) is 10.3. The van der Waals surface area contributed by atoms with Crippen LogP contribution < -0.4 is 5.73 Å². The van der Waals surface area contributed by atoms with Crippen LogP contribution in [0.4, 0.5) is 14.6 Å². The molecule has 2 heterocycles. The van der Waals surface area contributed by atoms with Crippen LogP contribution in [0.3, 0.4) is 0 Å². The number of benzene rings is 1. The van der Waals surface area contributed by atoms with Crippen molar-refractivity contribution in [1.82, 2.24) is 9.38 Å². The summed E-state index contributed by atoms with van der Waals surface area (Å²) in [6, 6.07) is 6.51. The van der Waals surface area contributed by atoms with Crippen molar-refractivity contribution in [2.75, 3.05) is 5.73 Å². The van der Waals surface area contributed by atoms with E-state index >= 15 is 0 Å². The highest BCUT2D eigenvalue weighted by molar-refractivity contribution is 6.30. The van der Waals surface area contributed by atoms with E-state index in [9.17, 15) is 8.78 Å². The smallest absolute Gasteiger partial charge is 0.139 e. The van der Waals surface area contributed by atoms with Crippen LogP contribution in [-0.4, -0.2) is 9.38 Å². The maximum Gasteiger partial charge on any atom is 0.139 e. The van der Waals surface area contributed by atoms with Crippen LogP contribution in [0.15, 0.2) is 36.5 Å². The van der Waals surface area contributed by atoms with Gasteiger partial charge in [-0.2, -0.15) is 0 Å². The van der Waals surface area contributed by atoms with Crippen LogP contribution in [0, 0.1) is 11.6 Å². The number of nitrogen functional groups attached to an aromatic ring is 1. The van der Waals surface area contributed by atoms with E-state index in [1.54, 1.807) is 22.7 Å². The van der Waals surface area contributed by atoms with E-state index in [1.165, 1.54) is 12.1 Å². The molecule has 19 heavy (non-hydrogen) atoms. The Morgan fingerprint density at radius 3 is 2.47 bits per heavy atom. The summed E-state index contributed by atoms with van der Waals surface area (Å²) < 4.78 is 28.0. The number of anilines is 1. The second kappa shape index (κ2) is 4.20. The van der Waals surface area contributed by atoms with Crippen molar-refractivity contribution in [1.29, 1.82) is 0 Å². The Balaban J connectivity index is 2.27. The van der Waals surface area contributed by atoms with E-state index in [-0.39, 0.29) is 11.4 Å². The van der Waals surface area contributed by atoms with Gasteiger partial charge >= 0.3 is 0 Å². The molecule has 0 bridgehead atoms. The quantitative estimate of drug-likeness (QED) is 0.741. The molecule has 0 aliphatic carbocycles. The molecular formula is C13H8ClF2N3. The molecule has 0 fully saturated rings. The SMILES string of the molecule is Nc1c(-c2cc(F)cc(F)c2)nc2ccc(Cl)cn12. The zero-order valence-electron chi connectivity index (χ0n) is 9.57. The molecule has 0 saturated carbocycles. The summed E-state index contributed by atoms with van der Waals surface area (Å²) in [6.07, 6.45) is 1.60. The number of aromatic nitrogens is 2. The summed E-state index contributed by atoms with van der Waals surface area (Å²) in [6.45, 7) is 0. The Hall–Kier alpha value is -2.14. The first-order chi connectivity index (χ1) is 9.04. The molecule has 0 unspecified atom stereocenters. The number of nitrogens with two attached hydrogens (primary N) is 1. The van der Waals surface area contributed by atoms with Crippen LogP contribution in [0.5, 0.6) is 0 Å². The first-order valence-electron chi connectivity index (χ1n) is 5.44. The molecule has 3 nitrogen and oxygen atoms in total. The fourth-order valence-corrected chi connectivity index (χ4v) is 2.10. The standard InChI is InChI=1S/C13H8ClF2N3/c14-8-1-2-11-18-12(13(17)19(11)6-8)7-3-9(15)5-10(16)4-7/h1-6H,17H2. The first-order valence-corrected chi connectivity index (χ1v) is 5.82. The highest BCUT2D eigenvalue weighted by Crippen LogP contribution is 2.28. The molecule has 96 valence electrons. The summed E-state index contributed by atoms with van der Waals surface area (Å²) in [5.41, 5.74) is 7.10. The van der Waals surface area contributed by atoms with Gasteiger partial charge in [0.25, 0.3) is 0 Å². The molecule has 2 N–H and O–H groups in total. The first kappa shape index (κ1) is 11.9. The van der Waals surface area contributed by atoms with Crippen molar-refractivity contribution in [3.8, 4) is 11.3 Å². The number of fused-ring (bicyclic) bond motifs is 1. The van der Waals surface area contributed by atoms with Gasteiger partial charge in [0, 0.05) is 17.8 Å². The molecule has 0 atom stereocenters. The third-order valence-corrected chi connectivity index (χ3v) is 2.98. The van der Waals surface area contributed by atoms with Gasteiger partial charge in [0.2, 0.25) is 0 Å². The van der Waals surface area contributed by atoms with Gasteiger partial charge in [-0.1, -0.05) is 11.6 Å². The molecule has 2 aromatic heterocycles. The minimum atomic E-state index is -0.676. The largest absolute Gasteiger partial charge is 0.383 e. The molecule has 0 aliphatic heterocycles. The van der Waals surface area contributed by atoms with Gasteiger partial charge in [0.05, 0.1) is 5.02 Å². The van der Waals surface area contributed by atoms with Crippen molar-refractivity contribution in [2.45, 2.75) is 0 Å². The van der Waals surface area contributed by atoms with E-state index in [4.69, 9.17) is 17.3 Å². The number of rotatable bonds is 1. The molecule has 0 amide bonds. The Bertz CT molecular complexity index is 763. The Kier molecular flexibility index (Phi) is 2.64. The number of imidazole rings is 1. The van der Waals surface area contributed by atoms with Crippen molar-refractivity contribution in [2.24, 2.45) is 0 Å². The van der Waals surface area contributed by atoms with E-state index < -0.39 is 11.6 Å². The van der Waals surface area contributed by atoms with Crippen LogP contribution in [-0.2, 0) is 0 Å². The second-order valence-corrected chi connectivity index (χ2v) is 4.52. The number of pyridine rings is 1. The van der Waals surface area contributed by atoms with E-state index in [0.29, 0.717) is 16.4 Å². The molecule has 1 aromatic carbocycles. The summed E-state index contributed by atoms with van der Waals surface area (Å²) >= 11 is 5.87. The normalized spacial score (nSPS) is 11.1. The molecule has 0 spiro atoms. The van der Waals surface area contributed by atoms with Gasteiger partial charge < -0.3 is 5.73 Å². The summed E-state index contributed by atoms with van der Waals surface area (Å²) in [4.78, 5) is 4.25. The second-order valence-electron chi connectivity index (χ2n) is 4.08. The highest BCUT2D eigenvalue weighted by Gasteiger charge is 2.13. The summed E-state index contributed by atoms with van der Waals surface area (Å²) in [5.74, 6) is -1.07. The molecule has 0 radical (unpaired) electrons. The fourth-order valence-electron chi connectivity index (χ4n) is 1.94. The van der Waals surface area contributed by atoms with Gasteiger partial charge in [-0.3, -0.25) is 4.40 Å². The fraction of sp³-hybridized carbons (Fsp3) is 0. The lowest BCUT2D eigenvalue weighted by molar-refractivity contribution is 0.584. The van der Waals surface area contributed by atoms with E-state index in [0.717, 1.165) is 6.07 Å². The lowest BCUT2D eigenvalue weighted by Crippen LogP contribution is -1.94. The third kappa shape index (κ3) is 2.02. The minimum Gasteiger partial charge on any atom is -0.383 e.